The molecule has 106 valence electrons. The minimum atomic E-state index is -3.95. The lowest BCUT2D eigenvalue weighted by atomic mass is 10.2. The Bertz CT molecular complexity index is 591. The minimum Gasteiger partial charge on any atom is -0.478 e. The monoisotopic (exact) mass is 327 g/mol. The van der Waals surface area contributed by atoms with Crippen molar-refractivity contribution in [2.75, 3.05) is 18.6 Å². The van der Waals surface area contributed by atoms with Gasteiger partial charge in [0.25, 0.3) is 0 Å². The van der Waals surface area contributed by atoms with E-state index in [9.17, 15) is 17.6 Å². The Morgan fingerprint density at radius 1 is 1.53 bits per heavy atom. The van der Waals surface area contributed by atoms with Crippen molar-refractivity contribution in [3.05, 3.63) is 28.5 Å². The van der Waals surface area contributed by atoms with Gasteiger partial charge in [0.15, 0.2) is 0 Å². The Morgan fingerprint density at radius 3 is 2.68 bits per heavy atom. The van der Waals surface area contributed by atoms with Gasteiger partial charge in [0.2, 0.25) is 10.0 Å². The molecule has 1 rings (SSSR count). The highest BCUT2D eigenvalue weighted by Gasteiger charge is 2.21. The van der Waals surface area contributed by atoms with Crippen molar-refractivity contribution < 1.29 is 22.7 Å². The molecule has 0 atom stereocenters. The molecule has 9 heteroatoms. The fraction of sp³-hybridized carbons (Fsp3) is 0.300. The maximum absolute atomic E-state index is 13.4. The van der Waals surface area contributed by atoms with Gasteiger partial charge in [0, 0.05) is 12.3 Å². The number of rotatable bonds is 6. The molecule has 0 saturated carbocycles. The van der Waals surface area contributed by atoms with E-state index >= 15 is 0 Å². The zero-order valence-electron chi connectivity index (χ0n) is 9.81. The number of hydrogen-bond donors (Lipinski definition) is 2. The summed E-state index contributed by atoms with van der Waals surface area (Å²) in [4.78, 5) is 10.4. The molecular weight excluding hydrogens is 317 g/mol. The lowest BCUT2D eigenvalue weighted by Crippen LogP contribution is -2.26. The van der Waals surface area contributed by atoms with Crippen LogP contribution in [0.2, 0.25) is 5.02 Å². The van der Waals surface area contributed by atoms with Crippen molar-refractivity contribution in [3.63, 3.8) is 0 Å². The molecule has 1 aromatic carbocycles. The van der Waals surface area contributed by atoms with Crippen molar-refractivity contribution in [1.82, 2.24) is 4.72 Å². The molecule has 0 fully saturated rings. The van der Waals surface area contributed by atoms with Crippen LogP contribution in [-0.2, 0) is 10.0 Å². The van der Waals surface area contributed by atoms with E-state index in [1.54, 1.807) is 6.26 Å². The van der Waals surface area contributed by atoms with Crippen molar-refractivity contribution in [3.8, 4) is 0 Å². The third-order valence-corrected chi connectivity index (χ3v) is 4.58. The molecule has 0 unspecified atom stereocenters. The normalized spacial score (nSPS) is 11.5. The van der Waals surface area contributed by atoms with Gasteiger partial charge in [-0.25, -0.2) is 22.3 Å². The van der Waals surface area contributed by atoms with E-state index in [1.807, 2.05) is 0 Å². The number of carboxylic acid groups (broad SMARTS) is 1. The predicted molar refractivity (Wildman–Crippen MR) is 71.9 cm³/mol. The van der Waals surface area contributed by atoms with Gasteiger partial charge in [-0.2, -0.15) is 11.8 Å². The molecule has 2 N–H and O–H groups in total. The molecule has 5 nitrogen and oxygen atoms in total. The number of thioether (sulfide) groups is 1. The summed E-state index contributed by atoms with van der Waals surface area (Å²) in [5, 5.41) is 8.21. The second kappa shape index (κ2) is 6.56. The highest BCUT2D eigenvalue weighted by molar-refractivity contribution is 7.98. The molecule has 1 aromatic rings. The van der Waals surface area contributed by atoms with Crippen molar-refractivity contribution in [1.29, 1.82) is 0 Å². The summed E-state index contributed by atoms with van der Waals surface area (Å²) in [5.74, 6) is -2.04. The molecule has 0 amide bonds. The third kappa shape index (κ3) is 4.07. The Kier molecular flexibility index (Phi) is 5.60. The summed E-state index contributed by atoms with van der Waals surface area (Å²) >= 11 is 6.90. The number of halogens is 2. The molecule has 0 aromatic heterocycles. The molecule has 0 saturated heterocycles. The maximum atomic E-state index is 13.4. The van der Waals surface area contributed by atoms with Gasteiger partial charge in [-0.1, -0.05) is 11.6 Å². The molecule has 0 aliphatic carbocycles. The van der Waals surface area contributed by atoms with Crippen LogP contribution in [0.3, 0.4) is 0 Å². The molecular formula is C10H11ClFNO4S2. The fourth-order valence-electron chi connectivity index (χ4n) is 1.24. The fourth-order valence-corrected chi connectivity index (χ4v) is 2.93. The number of nitrogens with one attached hydrogen (secondary N) is 1. The number of sulfonamides is 1. The Balaban J connectivity index is 3.17. The number of benzene rings is 1. The Labute approximate surface area is 119 Å². The van der Waals surface area contributed by atoms with Gasteiger partial charge in [-0.3, -0.25) is 0 Å². The van der Waals surface area contributed by atoms with Crippen LogP contribution in [-0.4, -0.2) is 38.0 Å². The first kappa shape index (κ1) is 16.2. The average molecular weight is 328 g/mol. The van der Waals surface area contributed by atoms with Crippen LogP contribution in [0, 0.1) is 5.82 Å². The van der Waals surface area contributed by atoms with E-state index in [-0.39, 0.29) is 6.54 Å². The van der Waals surface area contributed by atoms with Gasteiger partial charge in [0.05, 0.1) is 15.5 Å². The van der Waals surface area contributed by atoms with Crippen LogP contribution in [0.4, 0.5) is 4.39 Å². The summed E-state index contributed by atoms with van der Waals surface area (Å²) in [6.07, 6.45) is 1.80. The summed E-state index contributed by atoms with van der Waals surface area (Å²) < 4.78 is 39.3. The van der Waals surface area contributed by atoms with Gasteiger partial charge >= 0.3 is 5.97 Å². The van der Waals surface area contributed by atoms with E-state index in [4.69, 9.17) is 16.7 Å². The first-order valence-electron chi connectivity index (χ1n) is 5.00. The summed E-state index contributed by atoms with van der Waals surface area (Å²) in [6.45, 7) is 0.163. The number of hydrogen-bond acceptors (Lipinski definition) is 4. The van der Waals surface area contributed by atoms with Gasteiger partial charge in [-0.05, 0) is 18.4 Å². The molecule has 0 aliphatic rings. The molecule has 0 bridgehead atoms. The van der Waals surface area contributed by atoms with E-state index in [0.717, 1.165) is 6.07 Å². The highest BCUT2D eigenvalue weighted by Crippen LogP contribution is 2.24. The first-order chi connectivity index (χ1) is 8.79. The average Bonchev–Trinajstić information content (AvgIpc) is 2.32. The van der Waals surface area contributed by atoms with E-state index in [0.29, 0.717) is 11.8 Å². The van der Waals surface area contributed by atoms with Crippen LogP contribution in [0.1, 0.15) is 10.4 Å². The summed E-state index contributed by atoms with van der Waals surface area (Å²) in [5.41, 5.74) is -0.591. The Hall–Kier alpha value is -0.830. The molecule has 0 aliphatic heterocycles. The molecule has 0 radical (unpaired) electrons. The second-order valence-electron chi connectivity index (χ2n) is 3.46. The number of carbonyl (C=O) groups is 1. The number of carboxylic acids is 1. The van der Waals surface area contributed by atoms with E-state index < -0.39 is 37.3 Å². The lowest BCUT2D eigenvalue weighted by Gasteiger charge is -2.08. The largest absolute Gasteiger partial charge is 0.478 e. The van der Waals surface area contributed by atoms with Gasteiger partial charge in [-0.15, -0.1) is 0 Å². The SMILES string of the molecule is CSCCNS(=O)(=O)c1cc(F)c(Cl)c(C(=O)O)c1. The van der Waals surface area contributed by atoms with Crippen molar-refractivity contribution in [2.45, 2.75) is 4.90 Å². The maximum Gasteiger partial charge on any atom is 0.337 e. The quantitative estimate of drug-likeness (QED) is 0.779. The van der Waals surface area contributed by atoms with Crippen LogP contribution < -0.4 is 4.72 Å². The minimum absolute atomic E-state index is 0.163. The van der Waals surface area contributed by atoms with Gasteiger partial charge < -0.3 is 5.11 Å². The predicted octanol–water partition coefficient (Wildman–Crippen LogP) is 1.82. The topological polar surface area (TPSA) is 83.5 Å². The summed E-state index contributed by atoms with van der Waals surface area (Å²) in [6, 6.07) is 1.52. The van der Waals surface area contributed by atoms with Crippen LogP contribution >= 0.6 is 23.4 Å². The number of aromatic carboxylic acids is 1. The second-order valence-corrected chi connectivity index (χ2v) is 6.59. The van der Waals surface area contributed by atoms with Crippen LogP contribution in [0.25, 0.3) is 0 Å². The highest BCUT2D eigenvalue weighted by atomic mass is 35.5. The molecule has 19 heavy (non-hydrogen) atoms. The lowest BCUT2D eigenvalue weighted by molar-refractivity contribution is 0.0696. The molecule has 0 heterocycles. The zero-order chi connectivity index (χ0) is 14.6. The van der Waals surface area contributed by atoms with Gasteiger partial charge in [0.1, 0.15) is 5.82 Å². The first-order valence-corrected chi connectivity index (χ1v) is 8.26. The summed E-state index contributed by atoms with van der Waals surface area (Å²) in [7, 11) is -3.95. The smallest absolute Gasteiger partial charge is 0.337 e. The van der Waals surface area contributed by atoms with Crippen molar-refractivity contribution in [2.24, 2.45) is 0 Å². The third-order valence-electron chi connectivity index (χ3n) is 2.14. The molecule has 0 spiro atoms. The van der Waals surface area contributed by atoms with E-state index in [2.05, 4.69) is 4.72 Å². The van der Waals surface area contributed by atoms with Crippen molar-refractivity contribution >= 4 is 39.4 Å². The standard InChI is InChI=1S/C10H11ClFNO4S2/c1-18-3-2-13-19(16,17)6-4-7(10(14)15)9(11)8(12)5-6/h4-5,13H,2-3H2,1H3,(H,14,15). The Morgan fingerprint density at radius 2 is 2.16 bits per heavy atom. The van der Waals surface area contributed by atoms with Crippen LogP contribution in [0.15, 0.2) is 17.0 Å². The zero-order valence-corrected chi connectivity index (χ0v) is 12.2. The van der Waals surface area contributed by atoms with E-state index in [1.165, 1.54) is 11.8 Å². The van der Waals surface area contributed by atoms with Crippen LogP contribution in [0.5, 0.6) is 0 Å².